The van der Waals surface area contributed by atoms with Crippen LogP contribution in [0, 0.1) is 0 Å². The molecule has 1 atom stereocenters. The van der Waals surface area contributed by atoms with Crippen LogP contribution in [0.5, 0.6) is 0 Å². The lowest BCUT2D eigenvalue weighted by Gasteiger charge is -2.16. The molecule has 0 radical (unpaired) electrons. The Labute approximate surface area is 144 Å². The molecule has 25 heavy (non-hydrogen) atoms. The highest BCUT2D eigenvalue weighted by molar-refractivity contribution is 5.86. The molecule has 0 bridgehead atoms. The average molecular weight is 341 g/mol. The predicted octanol–water partition coefficient (Wildman–Crippen LogP) is 1.33. The molecule has 1 aliphatic heterocycles. The molecule has 0 saturated carbocycles. The van der Waals surface area contributed by atoms with Crippen molar-refractivity contribution in [2.75, 3.05) is 13.1 Å². The monoisotopic (exact) mass is 341 g/mol. The van der Waals surface area contributed by atoms with Crippen LogP contribution in [-0.2, 0) is 16.0 Å². The summed E-state index contributed by atoms with van der Waals surface area (Å²) < 4.78 is 1.20. The van der Waals surface area contributed by atoms with Gasteiger partial charge in [-0.2, -0.15) is 5.10 Å². The summed E-state index contributed by atoms with van der Waals surface area (Å²) in [6.07, 6.45) is 1.02. The molecule has 130 valence electrons. The van der Waals surface area contributed by atoms with Crippen LogP contribution >= 0.6 is 0 Å². The summed E-state index contributed by atoms with van der Waals surface area (Å²) >= 11 is 0. The third kappa shape index (κ3) is 3.31. The maximum absolute atomic E-state index is 12.5. The van der Waals surface area contributed by atoms with Crippen LogP contribution in [0.3, 0.4) is 0 Å². The number of benzene rings is 1. The van der Waals surface area contributed by atoms with Gasteiger partial charge in [0.05, 0.1) is 5.69 Å². The highest BCUT2D eigenvalue weighted by Gasteiger charge is 2.35. The maximum atomic E-state index is 12.5. The average Bonchev–Trinajstić information content (AvgIpc) is 2.95. The van der Waals surface area contributed by atoms with E-state index in [0.29, 0.717) is 25.1 Å². The second-order valence-corrected chi connectivity index (χ2v) is 5.98. The van der Waals surface area contributed by atoms with Crippen molar-refractivity contribution in [2.45, 2.75) is 25.8 Å². The number of nitrogens with zero attached hydrogens (tertiary/aromatic N) is 3. The van der Waals surface area contributed by atoms with E-state index >= 15 is 0 Å². The Morgan fingerprint density at radius 3 is 2.64 bits per heavy atom. The van der Waals surface area contributed by atoms with E-state index in [1.165, 1.54) is 15.6 Å². The number of aliphatic carboxylic acids is 1. The molecule has 0 spiro atoms. The van der Waals surface area contributed by atoms with Crippen LogP contribution in [0.2, 0.25) is 0 Å². The molecule has 1 aromatic heterocycles. The second-order valence-electron chi connectivity index (χ2n) is 5.98. The first-order chi connectivity index (χ1) is 12.0. The van der Waals surface area contributed by atoms with Gasteiger partial charge in [0.2, 0.25) is 5.91 Å². The van der Waals surface area contributed by atoms with E-state index in [0.717, 1.165) is 11.1 Å². The van der Waals surface area contributed by atoms with Crippen LogP contribution in [0.1, 0.15) is 24.9 Å². The molecule has 1 aliphatic rings. The van der Waals surface area contributed by atoms with Crippen LogP contribution < -0.4 is 5.56 Å². The number of hydrogen-bond donors (Lipinski definition) is 1. The molecule has 1 saturated heterocycles. The summed E-state index contributed by atoms with van der Waals surface area (Å²) in [5, 5.41) is 13.4. The van der Waals surface area contributed by atoms with Gasteiger partial charge in [-0.25, -0.2) is 4.68 Å². The lowest BCUT2D eigenvalue weighted by Crippen LogP contribution is -2.36. The van der Waals surface area contributed by atoms with Gasteiger partial charge in [-0.1, -0.05) is 37.3 Å². The summed E-state index contributed by atoms with van der Waals surface area (Å²) in [4.78, 5) is 37.0. The number of likely N-dealkylation sites (tertiary alicyclic amines) is 1. The van der Waals surface area contributed by atoms with Gasteiger partial charge in [-0.05, 0) is 18.4 Å². The van der Waals surface area contributed by atoms with Gasteiger partial charge in [-0.15, -0.1) is 0 Å². The molecule has 7 nitrogen and oxygen atoms in total. The number of aromatic nitrogens is 2. The second kappa shape index (κ2) is 6.88. The van der Waals surface area contributed by atoms with Crippen molar-refractivity contribution in [3.05, 3.63) is 52.3 Å². The van der Waals surface area contributed by atoms with E-state index < -0.39 is 12.0 Å². The molecule has 3 rings (SSSR count). The van der Waals surface area contributed by atoms with Crippen molar-refractivity contribution in [1.82, 2.24) is 14.7 Å². The van der Waals surface area contributed by atoms with Crippen LogP contribution in [0.15, 0.2) is 41.2 Å². The van der Waals surface area contributed by atoms with Crippen molar-refractivity contribution >= 4 is 11.9 Å². The van der Waals surface area contributed by atoms with E-state index in [4.69, 9.17) is 5.11 Å². The summed E-state index contributed by atoms with van der Waals surface area (Å²) in [5.74, 6) is -1.44. The summed E-state index contributed by atoms with van der Waals surface area (Å²) in [6, 6.07) is 10.3. The SMILES string of the molecule is CCc1cc(=O)n(C2CCN(CC(=O)O)C2=O)nc1-c1ccccc1. The van der Waals surface area contributed by atoms with E-state index in [2.05, 4.69) is 5.10 Å². The predicted molar refractivity (Wildman–Crippen MR) is 91.2 cm³/mol. The minimum atomic E-state index is -1.07. The van der Waals surface area contributed by atoms with E-state index in [1.54, 1.807) is 0 Å². The van der Waals surface area contributed by atoms with E-state index in [-0.39, 0.29) is 18.0 Å². The maximum Gasteiger partial charge on any atom is 0.323 e. The number of hydrogen-bond acceptors (Lipinski definition) is 4. The lowest BCUT2D eigenvalue weighted by atomic mass is 10.0. The fourth-order valence-corrected chi connectivity index (χ4v) is 3.11. The molecule has 1 aromatic carbocycles. The number of carbonyl (C=O) groups excluding carboxylic acids is 1. The Balaban J connectivity index is 2.02. The number of rotatable bonds is 5. The highest BCUT2D eigenvalue weighted by atomic mass is 16.4. The molecule has 7 heteroatoms. The number of carboxylic acid groups (broad SMARTS) is 1. The topological polar surface area (TPSA) is 92.5 Å². The zero-order valence-electron chi connectivity index (χ0n) is 13.9. The molecule has 1 amide bonds. The molecule has 2 heterocycles. The van der Waals surface area contributed by atoms with Gasteiger partial charge in [0.1, 0.15) is 12.6 Å². The van der Waals surface area contributed by atoms with Gasteiger partial charge in [0.15, 0.2) is 0 Å². The number of aryl methyl sites for hydroxylation is 1. The first-order valence-electron chi connectivity index (χ1n) is 8.20. The smallest absolute Gasteiger partial charge is 0.323 e. The van der Waals surface area contributed by atoms with Gasteiger partial charge in [0.25, 0.3) is 5.56 Å². The summed E-state index contributed by atoms with van der Waals surface area (Å²) in [6.45, 7) is 1.89. The zero-order valence-corrected chi connectivity index (χ0v) is 13.9. The van der Waals surface area contributed by atoms with Crippen LogP contribution in [0.4, 0.5) is 0 Å². The molecular weight excluding hydrogens is 322 g/mol. The number of carboxylic acids is 1. The minimum absolute atomic E-state index is 0.306. The Hall–Kier alpha value is -2.96. The minimum Gasteiger partial charge on any atom is -0.480 e. The van der Waals surface area contributed by atoms with Crippen molar-refractivity contribution in [3.63, 3.8) is 0 Å². The van der Waals surface area contributed by atoms with Crippen LogP contribution in [0.25, 0.3) is 11.3 Å². The summed E-state index contributed by atoms with van der Waals surface area (Å²) in [5.41, 5.74) is 2.03. The quantitative estimate of drug-likeness (QED) is 0.886. The molecule has 1 N–H and O–H groups in total. The number of amides is 1. The Morgan fingerprint density at radius 2 is 2.00 bits per heavy atom. The lowest BCUT2D eigenvalue weighted by molar-refractivity contribution is -0.143. The zero-order chi connectivity index (χ0) is 18.0. The molecule has 1 fully saturated rings. The van der Waals surface area contributed by atoms with Crippen molar-refractivity contribution in [1.29, 1.82) is 0 Å². The van der Waals surface area contributed by atoms with Gasteiger partial charge < -0.3 is 10.0 Å². The van der Waals surface area contributed by atoms with E-state index in [1.807, 2.05) is 37.3 Å². The van der Waals surface area contributed by atoms with Gasteiger partial charge in [-0.3, -0.25) is 14.4 Å². The van der Waals surface area contributed by atoms with Gasteiger partial charge >= 0.3 is 5.97 Å². The van der Waals surface area contributed by atoms with Crippen molar-refractivity contribution in [2.24, 2.45) is 0 Å². The largest absolute Gasteiger partial charge is 0.480 e. The Morgan fingerprint density at radius 1 is 1.28 bits per heavy atom. The first-order valence-corrected chi connectivity index (χ1v) is 8.20. The first kappa shape index (κ1) is 16.9. The highest BCUT2D eigenvalue weighted by Crippen LogP contribution is 2.24. The summed E-state index contributed by atoms with van der Waals surface area (Å²) in [7, 11) is 0. The molecule has 0 aliphatic carbocycles. The Bertz CT molecular complexity index is 860. The van der Waals surface area contributed by atoms with E-state index in [9.17, 15) is 14.4 Å². The standard InChI is InChI=1S/C18H19N3O4/c1-2-12-10-15(22)21(19-17(12)13-6-4-3-5-7-13)14-8-9-20(18(14)25)11-16(23)24/h3-7,10,14H,2,8-9,11H2,1H3,(H,23,24). The fraction of sp³-hybridized carbons (Fsp3) is 0.333. The third-order valence-electron chi connectivity index (χ3n) is 4.35. The van der Waals surface area contributed by atoms with Gasteiger partial charge in [0, 0.05) is 18.2 Å². The molecular formula is C18H19N3O4. The molecule has 2 aromatic rings. The van der Waals surface area contributed by atoms with Crippen LogP contribution in [-0.4, -0.2) is 44.8 Å². The number of carbonyl (C=O) groups is 2. The van der Waals surface area contributed by atoms with Crippen molar-refractivity contribution < 1.29 is 14.7 Å². The van der Waals surface area contributed by atoms with Crippen molar-refractivity contribution in [3.8, 4) is 11.3 Å². The fourth-order valence-electron chi connectivity index (χ4n) is 3.11. The molecule has 1 unspecified atom stereocenters. The normalized spacial score (nSPS) is 17.1. The Kier molecular flexibility index (Phi) is 4.65. The third-order valence-corrected chi connectivity index (χ3v) is 4.35.